The van der Waals surface area contributed by atoms with Crippen LogP contribution in [-0.4, -0.2) is 30.5 Å². The topological polar surface area (TPSA) is 96.4 Å². The van der Waals surface area contributed by atoms with Gasteiger partial charge in [-0.05, 0) is 28.4 Å². The van der Waals surface area contributed by atoms with Crippen LogP contribution in [0.1, 0.15) is 13.3 Å². The molecule has 94 valence electrons. The van der Waals surface area contributed by atoms with Gasteiger partial charge in [0, 0.05) is 16.9 Å². The highest BCUT2D eigenvalue weighted by Crippen LogP contribution is 2.14. The Morgan fingerprint density at radius 1 is 1.59 bits per heavy atom. The van der Waals surface area contributed by atoms with Crippen molar-refractivity contribution in [2.24, 2.45) is 0 Å². The molecule has 0 radical (unpaired) electrons. The maximum Gasteiger partial charge on any atom is 0.321 e. The molecule has 8 heteroatoms. The van der Waals surface area contributed by atoms with Crippen molar-refractivity contribution >= 4 is 31.9 Å². The second kappa shape index (κ2) is 5.56. The van der Waals surface area contributed by atoms with E-state index in [1.54, 1.807) is 6.92 Å². The molecule has 0 saturated heterocycles. The summed E-state index contributed by atoms with van der Waals surface area (Å²) in [5, 5.41) is 8.79. The summed E-state index contributed by atoms with van der Waals surface area (Å²) in [5.41, 5.74) is 0. The fourth-order valence-corrected chi connectivity index (χ4v) is 2.88. The van der Waals surface area contributed by atoms with Crippen LogP contribution in [0.2, 0.25) is 0 Å². The first-order chi connectivity index (χ1) is 7.86. The number of nitrogens with zero attached hydrogens (tertiary/aromatic N) is 1. The van der Waals surface area contributed by atoms with E-state index in [-0.39, 0.29) is 11.3 Å². The van der Waals surface area contributed by atoms with Gasteiger partial charge in [-0.25, -0.2) is 8.42 Å². The van der Waals surface area contributed by atoms with Crippen molar-refractivity contribution in [1.29, 1.82) is 0 Å². The highest BCUT2D eigenvalue weighted by molar-refractivity contribution is 9.10. The third-order valence-corrected chi connectivity index (χ3v) is 3.87. The number of halogens is 1. The predicted octanol–water partition coefficient (Wildman–Crippen LogP) is 0.986. The fourth-order valence-electron chi connectivity index (χ4n) is 1.10. The quantitative estimate of drug-likeness (QED) is 0.842. The molecule has 1 unspecified atom stereocenters. The van der Waals surface area contributed by atoms with Crippen LogP contribution in [0.25, 0.3) is 0 Å². The van der Waals surface area contributed by atoms with E-state index in [0.717, 1.165) is 6.20 Å². The number of nitrogens with one attached hydrogen (secondary N) is 1. The highest BCUT2D eigenvalue weighted by Gasteiger charge is 2.24. The number of hydrogen-bond acceptors (Lipinski definition) is 4. The molecule has 0 aliphatic heterocycles. The smallest absolute Gasteiger partial charge is 0.321 e. The number of carboxylic acids is 1. The molecule has 1 heterocycles. The summed E-state index contributed by atoms with van der Waals surface area (Å²) in [6.45, 7) is 1.58. The molecule has 0 aliphatic carbocycles. The van der Waals surface area contributed by atoms with Crippen molar-refractivity contribution in [2.75, 3.05) is 0 Å². The lowest BCUT2D eigenvalue weighted by Crippen LogP contribution is -2.40. The second-order valence-corrected chi connectivity index (χ2v) is 5.89. The zero-order valence-corrected chi connectivity index (χ0v) is 11.3. The Morgan fingerprint density at radius 2 is 2.24 bits per heavy atom. The molecule has 17 heavy (non-hydrogen) atoms. The molecule has 0 amide bonds. The Morgan fingerprint density at radius 3 is 2.71 bits per heavy atom. The summed E-state index contributed by atoms with van der Waals surface area (Å²) in [6.07, 6.45) is 2.76. The molecular weight excluding hydrogens is 312 g/mol. The van der Waals surface area contributed by atoms with E-state index in [0.29, 0.717) is 4.47 Å². The summed E-state index contributed by atoms with van der Waals surface area (Å²) in [4.78, 5) is 14.4. The number of hydrogen-bond donors (Lipinski definition) is 2. The van der Waals surface area contributed by atoms with E-state index in [9.17, 15) is 13.2 Å². The van der Waals surface area contributed by atoms with Crippen molar-refractivity contribution in [3.8, 4) is 0 Å². The minimum absolute atomic E-state index is 0.0772. The van der Waals surface area contributed by atoms with Crippen molar-refractivity contribution in [3.05, 3.63) is 22.9 Å². The molecule has 1 aromatic rings. The number of rotatable bonds is 5. The minimum atomic E-state index is -3.86. The van der Waals surface area contributed by atoms with Gasteiger partial charge in [0.25, 0.3) is 0 Å². The summed E-state index contributed by atoms with van der Waals surface area (Å²) in [5.74, 6) is -1.21. The lowest BCUT2D eigenvalue weighted by molar-refractivity contribution is -0.139. The molecule has 0 spiro atoms. The third kappa shape index (κ3) is 3.76. The molecule has 0 bridgehead atoms. The Hall–Kier alpha value is -0.990. The van der Waals surface area contributed by atoms with Gasteiger partial charge in [0.2, 0.25) is 10.0 Å². The number of carbonyl (C=O) groups is 1. The van der Waals surface area contributed by atoms with E-state index < -0.39 is 22.0 Å². The molecule has 1 rings (SSSR count). The van der Waals surface area contributed by atoms with Gasteiger partial charge in [0.1, 0.15) is 10.9 Å². The molecular formula is C9H11BrN2O4S. The van der Waals surface area contributed by atoms with Crippen LogP contribution in [0.5, 0.6) is 0 Å². The summed E-state index contributed by atoms with van der Waals surface area (Å²) in [6, 6.07) is 0.211. The fraction of sp³-hybridized carbons (Fsp3) is 0.333. The monoisotopic (exact) mass is 322 g/mol. The van der Waals surface area contributed by atoms with Crippen molar-refractivity contribution in [2.45, 2.75) is 24.3 Å². The molecule has 0 aromatic carbocycles. The maximum absolute atomic E-state index is 11.8. The van der Waals surface area contributed by atoms with Gasteiger partial charge < -0.3 is 5.11 Å². The van der Waals surface area contributed by atoms with Crippen LogP contribution < -0.4 is 4.72 Å². The van der Waals surface area contributed by atoms with Gasteiger partial charge >= 0.3 is 5.97 Å². The average molecular weight is 323 g/mol. The van der Waals surface area contributed by atoms with Gasteiger partial charge in [0.15, 0.2) is 0 Å². The average Bonchev–Trinajstić information content (AvgIpc) is 2.25. The Kier molecular flexibility index (Phi) is 4.61. The Bertz CT molecular complexity index is 517. The van der Waals surface area contributed by atoms with Gasteiger partial charge in [-0.1, -0.05) is 6.92 Å². The van der Waals surface area contributed by atoms with E-state index in [1.165, 1.54) is 12.3 Å². The Labute approximate surface area is 107 Å². The van der Waals surface area contributed by atoms with Gasteiger partial charge in [-0.2, -0.15) is 4.72 Å². The first-order valence-electron chi connectivity index (χ1n) is 4.72. The van der Waals surface area contributed by atoms with Crippen LogP contribution in [0.3, 0.4) is 0 Å². The highest BCUT2D eigenvalue weighted by atomic mass is 79.9. The molecule has 0 saturated carbocycles. The summed E-state index contributed by atoms with van der Waals surface area (Å²) in [7, 11) is -3.86. The number of sulfonamides is 1. The second-order valence-electron chi connectivity index (χ2n) is 3.26. The first kappa shape index (κ1) is 14.1. The lowest BCUT2D eigenvalue weighted by atomic mass is 10.2. The van der Waals surface area contributed by atoms with Crippen LogP contribution in [-0.2, 0) is 14.8 Å². The Balaban J connectivity index is 3.00. The zero-order chi connectivity index (χ0) is 13.1. The van der Waals surface area contributed by atoms with Crippen LogP contribution in [0, 0.1) is 0 Å². The molecule has 0 aliphatic rings. The third-order valence-electron chi connectivity index (χ3n) is 1.99. The van der Waals surface area contributed by atoms with Crippen molar-refractivity contribution < 1.29 is 18.3 Å². The van der Waals surface area contributed by atoms with Crippen LogP contribution in [0.15, 0.2) is 27.8 Å². The van der Waals surface area contributed by atoms with Gasteiger partial charge in [0.05, 0.1) is 0 Å². The molecule has 2 N–H and O–H groups in total. The first-order valence-corrected chi connectivity index (χ1v) is 7.00. The molecule has 6 nitrogen and oxygen atoms in total. The van der Waals surface area contributed by atoms with E-state index in [1.807, 2.05) is 0 Å². The predicted molar refractivity (Wildman–Crippen MR) is 64.0 cm³/mol. The number of pyridine rings is 1. The van der Waals surface area contributed by atoms with E-state index >= 15 is 0 Å². The van der Waals surface area contributed by atoms with Crippen LogP contribution in [0.4, 0.5) is 0 Å². The largest absolute Gasteiger partial charge is 0.480 e. The molecule has 0 fully saturated rings. The maximum atomic E-state index is 11.8. The molecule has 1 atom stereocenters. The summed E-state index contributed by atoms with van der Waals surface area (Å²) >= 11 is 3.10. The number of carboxylic acid groups (broad SMARTS) is 1. The zero-order valence-electron chi connectivity index (χ0n) is 8.92. The number of aromatic nitrogens is 1. The molecule has 1 aromatic heterocycles. The normalized spacial score (nSPS) is 13.3. The van der Waals surface area contributed by atoms with Gasteiger partial charge in [-0.15, -0.1) is 0 Å². The SMILES string of the molecule is CCC(NS(=O)(=O)c1cncc(Br)c1)C(=O)O. The van der Waals surface area contributed by atoms with Gasteiger partial charge in [-0.3, -0.25) is 9.78 Å². The van der Waals surface area contributed by atoms with E-state index in [4.69, 9.17) is 5.11 Å². The number of aliphatic carboxylic acids is 1. The summed E-state index contributed by atoms with van der Waals surface area (Å²) < 4.78 is 26.2. The van der Waals surface area contributed by atoms with Crippen LogP contribution >= 0.6 is 15.9 Å². The van der Waals surface area contributed by atoms with Crippen molar-refractivity contribution in [1.82, 2.24) is 9.71 Å². The lowest BCUT2D eigenvalue weighted by Gasteiger charge is -2.12. The van der Waals surface area contributed by atoms with Crippen molar-refractivity contribution in [3.63, 3.8) is 0 Å². The minimum Gasteiger partial charge on any atom is -0.480 e. The standard InChI is InChI=1S/C9H11BrN2O4S/c1-2-8(9(13)14)12-17(15,16)7-3-6(10)4-11-5-7/h3-5,8,12H,2H2,1H3,(H,13,14). The van der Waals surface area contributed by atoms with E-state index in [2.05, 4.69) is 25.6 Å².